The van der Waals surface area contributed by atoms with E-state index < -0.39 is 0 Å². The van der Waals surface area contributed by atoms with E-state index in [1.54, 1.807) is 15.9 Å². The number of thiophene rings is 1. The van der Waals surface area contributed by atoms with Crippen LogP contribution in [0, 0.1) is 11.3 Å². The summed E-state index contributed by atoms with van der Waals surface area (Å²) in [5.41, 5.74) is 3.18. The number of Topliss-reactive ketones (excluding diaryl/α,β-unsaturated/α-hetero) is 1. The number of carbonyl (C=O) groups excluding carboxylic acids is 1. The topological polar surface area (TPSA) is 52.0 Å². The molecule has 0 radical (unpaired) electrons. The van der Waals surface area contributed by atoms with Gasteiger partial charge in [-0.1, -0.05) is 93.2 Å². The summed E-state index contributed by atoms with van der Waals surface area (Å²) in [4.78, 5) is 33.8. The first-order chi connectivity index (χ1) is 16.8. The lowest BCUT2D eigenvalue weighted by Gasteiger charge is -2.33. The van der Waals surface area contributed by atoms with Gasteiger partial charge in [-0.15, -0.1) is 11.3 Å². The van der Waals surface area contributed by atoms with Gasteiger partial charge in [0.05, 0.1) is 17.7 Å². The Hall–Kier alpha value is -2.70. The van der Waals surface area contributed by atoms with Gasteiger partial charge in [-0.05, 0) is 41.7 Å². The number of aryl methyl sites for hydroxylation is 1. The van der Waals surface area contributed by atoms with E-state index in [1.165, 1.54) is 22.2 Å². The fraction of sp³-hybridized carbons (Fsp3) is 0.345. The zero-order valence-electron chi connectivity index (χ0n) is 20.4. The van der Waals surface area contributed by atoms with E-state index in [0.717, 1.165) is 35.0 Å². The van der Waals surface area contributed by atoms with Crippen molar-refractivity contribution in [2.75, 3.05) is 5.75 Å². The molecule has 5 rings (SSSR count). The molecule has 2 aromatic heterocycles. The van der Waals surface area contributed by atoms with Gasteiger partial charge >= 0.3 is 0 Å². The molecule has 0 aliphatic heterocycles. The Labute approximate surface area is 214 Å². The number of benzene rings is 2. The summed E-state index contributed by atoms with van der Waals surface area (Å²) in [6, 6.07) is 19.3. The molecule has 4 aromatic rings. The van der Waals surface area contributed by atoms with E-state index in [1.807, 2.05) is 60.7 Å². The molecule has 35 heavy (non-hydrogen) atoms. The van der Waals surface area contributed by atoms with Crippen molar-refractivity contribution in [1.82, 2.24) is 9.55 Å². The van der Waals surface area contributed by atoms with Crippen molar-refractivity contribution in [2.24, 2.45) is 11.3 Å². The number of carbonyl (C=O) groups is 1. The minimum absolute atomic E-state index is 0.0141. The third-order valence-electron chi connectivity index (χ3n) is 6.97. The van der Waals surface area contributed by atoms with Crippen molar-refractivity contribution < 1.29 is 4.79 Å². The van der Waals surface area contributed by atoms with Gasteiger partial charge in [-0.2, -0.15) is 0 Å². The monoisotopic (exact) mass is 502 g/mol. The Balaban J connectivity index is 1.55. The summed E-state index contributed by atoms with van der Waals surface area (Å²) in [5.74, 6) is 0.884. The smallest absolute Gasteiger partial charge is 0.263 e. The first-order valence-corrected chi connectivity index (χ1v) is 13.9. The van der Waals surface area contributed by atoms with E-state index in [-0.39, 0.29) is 22.5 Å². The molecule has 0 bridgehead atoms. The maximum absolute atomic E-state index is 13.9. The van der Waals surface area contributed by atoms with Crippen LogP contribution in [-0.2, 0) is 19.4 Å². The number of hydrogen-bond donors (Lipinski definition) is 0. The summed E-state index contributed by atoms with van der Waals surface area (Å²) < 4.78 is 1.77. The standard InChI is InChI=1S/C29H30N2O2S2/c1-29(2,3)21-14-15-22-24(16-21)35-26-25(22)27(33)31(17-19-10-6-4-7-11-19)28(30-26)34-18-23(32)20-12-8-5-9-13-20/h4-13,21H,14-18H2,1-3H3/t21-/m1/s1. The predicted octanol–water partition coefficient (Wildman–Crippen LogP) is 6.63. The number of hydrogen-bond acceptors (Lipinski definition) is 5. The Bertz CT molecular complexity index is 1420. The molecule has 180 valence electrons. The number of ketones is 1. The summed E-state index contributed by atoms with van der Waals surface area (Å²) in [6.45, 7) is 7.36. The van der Waals surface area contributed by atoms with Crippen molar-refractivity contribution in [2.45, 2.75) is 51.7 Å². The SMILES string of the molecule is CC(C)(C)[C@@H]1CCc2c(sc3nc(SCC(=O)c4ccccc4)n(Cc4ccccc4)c(=O)c23)C1. The molecule has 0 saturated carbocycles. The average molecular weight is 503 g/mol. The molecule has 0 N–H and O–H groups in total. The molecule has 0 fully saturated rings. The zero-order chi connectivity index (χ0) is 24.6. The van der Waals surface area contributed by atoms with Crippen LogP contribution in [0.5, 0.6) is 0 Å². The second-order valence-electron chi connectivity index (χ2n) is 10.3. The van der Waals surface area contributed by atoms with Gasteiger partial charge in [0.15, 0.2) is 10.9 Å². The molecule has 0 amide bonds. The van der Waals surface area contributed by atoms with E-state index in [9.17, 15) is 9.59 Å². The summed E-state index contributed by atoms with van der Waals surface area (Å²) in [6.07, 6.45) is 3.04. The first kappa shape index (κ1) is 24.0. The molecule has 0 saturated heterocycles. The maximum atomic E-state index is 13.9. The van der Waals surface area contributed by atoms with Crippen molar-refractivity contribution >= 4 is 39.1 Å². The zero-order valence-corrected chi connectivity index (χ0v) is 22.0. The fourth-order valence-electron chi connectivity index (χ4n) is 4.83. The Morgan fingerprint density at radius 1 is 1.09 bits per heavy atom. The minimum atomic E-state index is 0.0141. The number of nitrogens with zero attached hydrogens (tertiary/aromatic N) is 2. The average Bonchev–Trinajstić information content (AvgIpc) is 3.23. The van der Waals surface area contributed by atoms with Crippen LogP contribution < -0.4 is 5.56 Å². The van der Waals surface area contributed by atoms with Crippen LogP contribution >= 0.6 is 23.1 Å². The molecular weight excluding hydrogens is 472 g/mol. The van der Waals surface area contributed by atoms with Crippen LogP contribution in [0.3, 0.4) is 0 Å². The van der Waals surface area contributed by atoms with E-state index in [0.29, 0.717) is 23.2 Å². The predicted molar refractivity (Wildman–Crippen MR) is 146 cm³/mol. The van der Waals surface area contributed by atoms with Crippen molar-refractivity contribution in [3.63, 3.8) is 0 Å². The number of aromatic nitrogens is 2. The van der Waals surface area contributed by atoms with Crippen LogP contribution in [0.4, 0.5) is 0 Å². The van der Waals surface area contributed by atoms with Gasteiger partial charge in [0.2, 0.25) is 0 Å². The molecule has 2 aromatic carbocycles. The Kier molecular flexibility index (Phi) is 6.69. The molecule has 0 spiro atoms. The molecule has 1 atom stereocenters. The fourth-order valence-corrected chi connectivity index (χ4v) is 7.07. The summed E-state index contributed by atoms with van der Waals surface area (Å²) in [5, 5.41) is 1.40. The van der Waals surface area contributed by atoms with Crippen LogP contribution in [0.15, 0.2) is 70.6 Å². The van der Waals surface area contributed by atoms with E-state index >= 15 is 0 Å². The third-order valence-corrected chi connectivity index (χ3v) is 9.09. The molecule has 0 unspecified atom stereocenters. The van der Waals surface area contributed by atoms with Crippen molar-refractivity contribution in [1.29, 1.82) is 0 Å². The van der Waals surface area contributed by atoms with Gasteiger partial charge < -0.3 is 0 Å². The lowest BCUT2D eigenvalue weighted by Crippen LogP contribution is -2.27. The summed E-state index contributed by atoms with van der Waals surface area (Å²) >= 11 is 3.03. The highest BCUT2D eigenvalue weighted by atomic mass is 32.2. The Morgan fingerprint density at radius 2 is 1.77 bits per heavy atom. The van der Waals surface area contributed by atoms with Gasteiger partial charge in [0.1, 0.15) is 4.83 Å². The van der Waals surface area contributed by atoms with Crippen molar-refractivity contribution in [3.05, 3.63) is 92.6 Å². The quantitative estimate of drug-likeness (QED) is 0.169. The van der Waals surface area contributed by atoms with Gasteiger partial charge in [-0.25, -0.2) is 4.98 Å². The van der Waals surface area contributed by atoms with Crippen LogP contribution in [-0.4, -0.2) is 21.1 Å². The Morgan fingerprint density at radius 3 is 2.46 bits per heavy atom. The molecule has 2 heterocycles. The first-order valence-electron chi connectivity index (χ1n) is 12.1. The third kappa shape index (κ3) is 5.00. The number of thioether (sulfide) groups is 1. The second-order valence-corrected chi connectivity index (χ2v) is 12.4. The van der Waals surface area contributed by atoms with Crippen molar-refractivity contribution in [3.8, 4) is 0 Å². The van der Waals surface area contributed by atoms with Crippen LogP contribution in [0.25, 0.3) is 10.2 Å². The second kappa shape index (κ2) is 9.75. The van der Waals surface area contributed by atoms with Gasteiger partial charge in [-0.3, -0.25) is 14.2 Å². The highest BCUT2D eigenvalue weighted by Crippen LogP contribution is 2.42. The van der Waals surface area contributed by atoms with E-state index in [2.05, 4.69) is 20.8 Å². The molecular formula is C29H30N2O2S2. The lowest BCUT2D eigenvalue weighted by atomic mass is 9.72. The number of rotatable bonds is 6. The normalized spacial score (nSPS) is 15.8. The van der Waals surface area contributed by atoms with Gasteiger partial charge in [0.25, 0.3) is 5.56 Å². The van der Waals surface area contributed by atoms with Gasteiger partial charge in [0, 0.05) is 10.4 Å². The largest absolute Gasteiger partial charge is 0.293 e. The summed E-state index contributed by atoms with van der Waals surface area (Å²) in [7, 11) is 0. The molecule has 1 aliphatic rings. The number of fused-ring (bicyclic) bond motifs is 3. The maximum Gasteiger partial charge on any atom is 0.263 e. The van der Waals surface area contributed by atoms with E-state index in [4.69, 9.17) is 4.98 Å². The van der Waals surface area contributed by atoms with Crippen LogP contribution in [0.1, 0.15) is 53.6 Å². The highest BCUT2D eigenvalue weighted by molar-refractivity contribution is 7.99. The minimum Gasteiger partial charge on any atom is -0.293 e. The molecule has 1 aliphatic carbocycles. The molecule has 4 nitrogen and oxygen atoms in total. The molecule has 6 heteroatoms. The van der Waals surface area contributed by atoms with Crippen LogP contribution in [0.2, 0.25) is 0 Å². The lowest BCUT2D eigenvalue weighted by molar-refractivity contribution is 0.102. The highest BCUT2D eigenvalue weighted by Gasteiger charge is 2.32.